The molecule has 34 valence electrons. The number of hydrogen-bond acceptors (Lipinski definition) is 2. The molecule has 0 aromatic heterocycles. The van der Waals surface area contributed by atoms with E-state index in [1.165, 1.54) is 0 Å². The molecule has 0 fully saturated rings. The highest BCUT2D eigenvalue weighted by atomic mass is 14.8. The maximum absolute atomic E-state index is 5.41. The van der Waals surface area contributed by atoms with Crippen molar-refractivity contribution in [2.24, 2.45) is 10.7 Å². The molecule has 1 aliphatic rings. The van der Waals surface area contributed by atoms with E-state index in [2.05, 4.69) is 4.99 Å². The second kappa shape index (κ2) is 1.39. The highest BCUT2D eigenvalue weighted by Gasteiger charge is 2.01. The summed E-state index contributed by atoms with van der Waals surface area (Å²) >= 11 is 0. The van der Waals surface area contributed by atoms with Crippen molar-refractivity contribution in [3.63, 3.8) is 0 Å². The Hall–Kier alpha value is -0.370. The highest BCUT2D eigenvalue weighted by Crippen LogP contribution is 1.92. The van der Waals surface area contributed by atoms with Crippen molar-refractivity contribution < 1.29 is 0 Å². The summed E-state index contributed by atoms with van der Waals surface area (Å²) < 4.78 is 0. The fourth-order valence-corrected chi connectivity index (χ4v) is 0.494. The summed E-state index contributed by atoms with van der Waals surface area (Å²) in [6.07, 6.45) is 2.85. The van der Waals surface area contributed by atoms with Gasteiger partial charge in [-0.15, -0.1) is 0 Å². The molecule has 1 unspecified atom stereocenters. The average molecular weight is 84.1 g/mol. The summed E-state index contributed by atoms with van der Waals surface area (Å²) in [4.78, 5) is 3.91. The van der Waals surface area contributed by atoms with Gasteiger partial charge < -0.3 is 5.73 Å². The summed E-state index contributed by atoms with van der Waals surface area (Å²) in [5.74, 6) is 0. The van der Waals surface area contributed by atoms with Crippen LogP contribution in [0.2, 0.25) is 0 Å². The second-order valence-electron chi connectivity index (χ2n) is 1.54. The fraction of sp³-hybridized carbons (Fsp3) is 0.750. The Morgan fingerprint density at radius 2 is 2.67 bits per heavy atom. The first-order chi connectivity index (χ1) is 2.89. The molecule has 0 radical (unpaired) electrons. The summed E-state index contributed by atoms with van der Waals surface area (Å²) in [6, 6.07) is 0.324. The van der Waals surface area contributed by atoms with Gasteiger partial charge in [-0.1, -0.05) is 0 Å². The van der Waals surface area contributed by atoms with Crippen LogP contribution >= 0.6 is 0 Å². The van der Waals surface area contributed by atoms with Gasteiger partial charge in [0, 0.05) is 12.3 Å². The molecule has 2 N–H and O–H groups in total. The summed E-state index contributed by atoms with van der Waals surface area (Å²) in [7, 11) is 0. The van der Waals surface area contributed by atoms with Crippen molar-refractivity contribution in [2.75, 3.05) is 6.54 Å². The van der Waals surface area contributed by atoms with Gasteiger partial charge in [0.1, 0.15) is 0 Å². The van der Waals surface area contributed by atoms with Crippen LogP contribution in [0.5, 0.6) is 0 Å². The summed E-state index contributed by atoms with van der Waals surface area (Å²) in [5.41, 5.74) is 5.41. The van der Waals surface area contributed by atoms with Gasteiger partial charge in [-0.05, 0) is 6.42 Å². The minimum Gasteiger partial charge on any atom is -0.326 e. The van der Waals surface area contributed by atoms with E-state index in [1.54, 1.807) is 0 Å². The van der Waals surface area contributed by atoms with Gasteiger partial charge in [0.15, 0.2) is 0 Å². The normalized spacial score (nSPS) is 31.8. The first kappa shape index (κ1) is 3.81. The summed E-state index contributed by atoms with van der Waals surface area (Å²) in [6.45, 7) is 0.833. The molecule has 6 heavy (non-hydrogen) atoms. The molecule has 0 spiro atoms. The van der Waals surface area contributed by atoms with Gasteiger partial charge in [0.2, 0.25) is 0 Å². The largest absolute Gasteiger partial charge is 0.326 e. The van der Waals surface area contributed by atoms with E-state index in [-0.39, 0.29) is 0 Å². The molecule has 1 heterocycles. The summed E-state index contributed by atoms with van der Waals surface area (Å²) in [5, 5.41) is 0. The molecule has 0 aliphatic carbocycles. The van der Waals surface area contributed by atoms with Crippen LogP contribution < -0.4 is 5.73 Å². The molecule has 0 amide bonds. The Morgan fingerprint density at radius 1 is 1.83 bits per heavy atom. The van der Waals surface area contributed by atoms with Gasteiger partial charge in [-0.3, -0.25) is 4.99 Å². The first-order valence-corrected chi connectivity index (χ1v) is 2.13. The Kier molecular flexibility index (Phi) is 0.881. The standard InChI is InChI=1S/C4H8N2/c5-4-1-2-6-3-4/h2,4H,1,3,5H2. The van der Waals surface area contributed by atoms with Crippen molar-refractivity contribution in [2.45, 2.75) is 12.5 Å². The molecule has 0 saturated heterocycles. The zero-order valence-corrected chi connectivity index (χ0v) is 3.59. The van der Waals surface area contributed by atoms with E-state index < -0.39 is 0 Å². The van der Waals surface area contributed by atoms with E-state index >= 15 is 0 Å². The van der Waals surface area contributed by atoms with Crippen molar-refractivity contribution in [3.8, 4) is 0 Å². The zero-order chi connectivity index (χ0) is 4.41. The molecular weight excluding hydrogens is 76.1 g/mol. The number of nitrogens with two attached hydrogens (primary N) is 1. The van der Waals surface area contributed by atoms with Gasteiger partial charge in [0.25, 0.3) is 0 Å². The van der Waals surface area contributed by atoms with E-state index in [4.69, 9.17) is 5.73 Å². The molecule has 0 aromatic carbocycles. The quantitative estimate of drug-likeness (QED) is 0.433. The third-order valence-electron chi connectivity index (χ3n) is 0.877. The number of aliphatic imine (C=N–C) groups is 1. The molecule has 0 aromatic rings. The van der Waals surface area contributed by atoms with Gasteiger partial charge in [0.05, 0.1) is 6.54 Å². The zero-order valence-electron chi connectivity index (χ0n) is 3.59. The number of nitrogens with zero attached hydrogens (tertiary/aromatic N) is 1. The lowest BCUT2D eigenvalue weighted by Gasteiger charge is -1.91. The van der Waals surface area contributed by atoms with Crippen LogP contribution in [0.15, 0.2) is 4.99 Å². The lowest BCUT2D eigenvalue weighted by atomic mass is 10.3. The molecule has 1 rings (SSSR count). The monoisotopic (exact) mass is 84.1 g/mol. The molecule has 1 atom stereocenters. The minimum atomic E-state index is 0.324. The smallest absolute Gasteiger partial charge is 0.0540 e. The third kappa shape index (κ3) is 0.571. The van der Waals surface area contributed by atoms with Crippen LogP contribution in [0.4, 0.5) is 0 Å². The van der Waals surface area contributed by atoms with Gasteiger partial charge >= 0.3 is 0 Å². The maximum atomic E-state index is 5.41. The first-order valence-electron chi connectivity index (χ1n) is 2.13. The van der Waals surface area contributed by atoms with Gasteiger partial charge in [-0.25, -0.2) is 0 Å². The van der Waals surface area contributed by atoms with Crippen molar-refractivity contribution >= 4 is 6.21 Å². The van der Waals surface area contributed by atoms with Crippen LogP contribution in [0.25, 0.3) is 0 Å². The van der Waals surface area contributed by atoms with Crippen LogP contribution in [0, 0.1) is 0 Å². The topological polar surface area (TPSA) is 38.4 Å². The SMILES string of the molecule is NC1CC=NC1. The van der Waals surface area contributed by atoms with Crippen LogP contribution in [-0.2, 0) is 0 Å². The molecule has 2 nitrogen and oxygen atoms in total. The van der Waals surface area contributed by atoms with Crippen LogP contribution in [-0.4, -0.2) is 18.8 Å². The maximum Gasteiger partial charge on any atom is 0.0540 e. The van der Waals surface area contributed by atoms with E-state index in [1.807, 2.05) is 6.21 Å². The molecule has 1 aliphatic heterocycles. The lowest BCUT2D eigenvalue weighted by Crippen LogP contribution is -2.18. The Morgan fingerprint density at radius 3 is 2.83 bits per heavy atom. The predicted octanol–water partition coefficient (Wildman–Crippen LogP) is -0.212. The second-order valence-corrected chi connectivity index (χ2v) is 1.54. The highest BCUT2D eigenvalue weighted by molar-refractivity contribution is 5.60. The Bertz CT molecular complexity index is 59.9. The third-order valence-corrected chi connectivity index (χ3v) is 0.877. The molecular formula is C4H8N2. The van der Waals surface area contributed by atoms with Crippen molar-refractivity contribution in [3.05, 3.63) is 0 Å². The molecule has 0 saturated carbocycles. The van der Waals surface area contributed by atoms with E-state index in [0.717, 1.165) is 13.0 Å². The average Bonchev–Trinajstić information content (AvgIpc) is 1.86. The fourth-order valence-electron chi connectivity index (χ4n) is 0.494. The van der Waals surface area contributed by atoms with Crippen molar-refractivity contribution in [1.82, 2.24) is 0 Å². The van der Waals surface area contributed by atoms with Crippen LogP contribution in [0.3, 0.4) is 0 Å². The van der Waals surface area contributed by atoms with Gasteiger partial charge in [-0.2, -0.15) is 0 Å². The predicted molar refractivity (Wildman–Crippen MR) is 26.0 cm³/mol. The Balaban J connectivity index is 2.32. The molecule has 2 heteroatoms. The Labute approximate surface area is 37.1 Å². The lowest BCUT2D eigenvalue weighted by molar-refractivity contribution is 0.757. The minimum absolute atomic E-state index is 0.324. The van der Waals surface area contributed by atoms with E-state index in [9.17, 15) is 0 Å². The number of hydrogen-bond donors (Lipinski definition) is 1. The van der Waals surface area contributed by atoms with Crippen molar-refractivity contribution in [1.29, 1.82) is 0 Å². The van der Waals surface area contributed by atoms with E-state index in [0.29, 0.717) is 6.04 Å². The van der Waals surface area contributed by atoms with Crippen LogP contribution in [0.1, 0.15) is 6.42 Å². The molecule has 0 bridgehead atoms. The number of rotatable bonds is 0.